The molecule has 0 fully saturated rings. The zero-order valence-electron chi connectivity index (χ0n) is 11.2. The molecule has 0 saturated heterocycles. The van der Waals surface area contributed by atoms with Crippen molar-refractivity contribution >= 4 is 33.7 Å². The van der Waals surface area contributed by atoms with Gasteiger partial charge in [0, 0.05) is 12.1 Å². The highest BCUT2D eigenvalue weighted by molar-refractivity contribution is 9.10. The summed E-state index contributed by atoms with van der Waals surface area (Å²) in [7, 11) is 0. The van der Waals surface area contributed by atoms with Crippen molar-refractivity contribution in [2.75, 3.05) is 5.75 Å². The average Bonchev–Trinajstić information content (AvgIpc) is 2.83. The van der Waals surface area contributed by atoms with Crippen molar-refractivity contribution in [1.82, 2.24) is 14.8 Å². The predicted octanol–water partition coefficient (Wildman–Crippen LogP) is 3.43. The standard InChI is InChI=1S/C13H13BrFN3O2S/c1-2-5-18-12(8-3-4-10(15)9(14)6-8)16-17-13(18)21-7-11(19)20/h3-4,6H,2,5,7H2,1H3,(H,19,20). The van der Waals surface area contributed by atoms with Gasteiger partial charge >= 0.3 is 5.97 Å². The van der Waals surface area contributed by atoms with E-state index in [0.29, 0.717) is 22.0 Å². The number of carbonyl (C=O) groups is 1. The molecule has 8 heteroatoms. The SMILES string of the molecule is CCCn1c(SCC(=O)O)nnc1-c1ccc(F)c(Br)c1. The van der Waals surface area contributed by atoms with Gasteiger partial charge in [-0.3, -0.25) is 4.79 Å². The molecule has 1 heterocycles. The summed E-state index contributed by atoms with van der Waals surface area (Å²) in [6.07, 6.45) is 0.855. The molecule has 1 aromatic carbocycles. The first-order valence-electron chi connectivity index (χ1n) is 6.26. The largest absolute Gasteiger partial charge is 0.481 e. The van der Waals surface area contributed by atoms with Gasteiger partial charge in [-0.2, -0.15) is 0 Å². The molecular formula is C13H13BrFN3O2S. The number of thioether (sulfide) groups is 1. The number of carboxylic acid groups (broad SMARTS) is 1. The van der Waals surface area contributed by atoms with Crippen LogP contribution < -0.4 is 0 Å². The van der Waals surface area contributed by atoms with Crippen LogP contribution >= 0.6 is 27.7 Å². The van der Waals surface area contributed by atoms with Gasteiger partial charge in [0.2, 0.25) is 0 Å². The van der Waals surface area contributed by atoms with Crippen LogP contribution in [-0.4, -0.2) is 31.6 Å². The van der Waals surface area contributed by atoms with Crippen LogP contribution in [0.25, 0.3) is 11.4 Å². The summed E-state index contributed by atoms with van der Waals surface area (Å²) in [6, 6.07) is 4.62. The quantitative estimate of drug-likeness (QED) is 0.785. The van der Waals surface area contributed by atoms with E-state index in [1.165, 1.54) is 6.07 Å². The van der Waals surface area contributed by atoms with Crippen LogP contribution in [0.5, 0.6) is 0 Å². The number of nitrogens with zero attached hydrogens (tertiary/aromatic N) is 3. The molecule has 0 bridgehead atoms. The fourth-order valence-electron chi connectivity index (χ4n) is 1.80. The molecule has 0 saturated carbocycles. The number of benzene rings is 1. The van der Waals surface area contributed by atoms with Gasteiger partial charge < -0.3 is 9.67 Å². The Hall–Kier alpha value is -1.41. The lowest BCUT2D eigenvalue weighted by molar-refractivity contribution is -0.133. The minimum Gasteiger partial charge on any atom is -0.481 e. The van der Waals surface area contributed by atoms with Crippen LogP contribution in [-0.2, 0) is 11.3 Å². The van der Waals surface area contributed by atoms with Gasteiger partial charge in [0.05, 0.1) is 10.2 Å². The third-order valence-corrected chi connectivity index (χ3v) is 4.23. The Bertz CT molecular complexity index is 663. The topological polar surface area (TPSA) is 68.0 Å². The van der Waals surface area contributed by atoms with Gasteiger partial charge in [-0.25, -0.2) is 4.39 Å². The summed E-state index contributed by atoms with van der Waals surface area (Å²) >= 11 is 4.27. The Morgan fingerprint density at radius 3 is 2.86 bits per heavy atom. The van der Waals surface area contributed by atoms with Gasteiger partial charge in [-0.1, -0.05) is 18.7 Å². The van der Waals surface area contributed by atoms with E-state index < -0.39 is 5.97 Å². The smallest absolute Gasteiger partial charge is 0.313 e. The first-order chi connectivity index (χ1) is 10.0. The van der Waals surface area contributed by atoms with Gasteiger partial charge in [-0.05, 0) is 40.5 Å². The first kappa shape index (κ1) is 16.0. The number of carboxylic acids is 1. The highest BCUT2D eigenvalue weighted by Crippen LogP contribution is 2.27. The molecule has 2 aromatic rings. The van der Waals surface area contributed by atoms with Crippen molar-refractivity contribution in [3.05, 3.63) is 28.5 Å². The van der Waals surface area contributed by atoms with E-state index in [-0.39, 0.29) is 11.6 Å². The molecule has 1 N–H and O–H groups in total. The Labute approximate surface area is 133 Å². The molecule has 5 nitrogen and oxygen atoms in total. The van der Waals surface area contributed by atoms with Crippen molar-refractivity contribution in [1.29, 1.82) is 0 Å². The van der Waals surface area contributed by atoms with Crippen LogP contribution in [0.15, 0.2) is 27.8 Å². The van der Waals surface area contributed by atoms with E-state index in [1.807, 2.05) is 11.5 Å². The van der Waals surface area contributed by atoms with E-state index in [0.717, 1.165) is 23.7 Å². The number of rotatable bonds is 6. The number of hydrogen-bond donors (Lipinski definition) is 1. The third kappa shape index (κ3) is 3.82. The van der Waals surface area contributed by atoms with E-state index in [4.69, 9.17) is 5.11 Å². The lowest BCUT2D eigenvalue weighted by Crippen LogP contribution is -2.04. The molecule has 0 atom stereocenters. The number of aromatic nitrogens is 3. The average molecular weight is 374 g/mol. The van der Waals surface area contributed by atoms with Crippen molar-refractivity contribution in [3.8, 4) is 11.4 Å². The molecule has 112 valence electrons. The Morgan fingerprint density at radius 1 is 1.48 bits per heavy atom. The van der Waals surface area contributed by atoms with Crippen LogP contribution in [0.2, 0.25) is 0 Å². The van der Waals surface area contributed by atoms with Crippen LogP contribution in [0, 0.1) is 5.82 Å². The molecule has 0 spiro atoms. The highest BCUT2D eigenvalue weighted by Gasteiger charge is 2.15. The zero-order valence-corrected chi connectivity index (χ0v) is 13.6. The maximum atomic E-state index is 13.3. The maximum absolute atomic E-state index is 13.3. The highest BCUT2D eigenvalue weighted by atomic mass is 79.9. The van der Waals surface area contributed by atoms with Crippen LogP contribution in [0.3, 0.4) is 0 Å². The summed E-state index contributed by atoms with van der Waals surface area (Å²) in [4.78, 5) is 10.7. The molecule has 1 aromatic heterocycles. The molecule has 0 aliphatic rings. The minimum atomic E-state index is -0.905. The maximum Gasteiger partial charge on any atom is 0.313 e. The molecular weight excluding hydrogens is 361 g/mol. The van der Waals surface area contributed by atoms with Gasteiger partial charge in [-0.15, -0.1) is 10.2 Å². The second-order valence-electron chi connectivity index (χ2n) is 4.27. The predicted molar refractivity (Wildman–Crippen MR) is 81.8 cm³/mol. The number of halogens is 2. The van der Waals surface area contributed by atoms with E-state index in [9.17, 15) is 9.18 Å². The Morgan fingerprint density at radius 2 is 2.24 bits per heavy atom. The van der Waals surface area contributed by atoms with Crippen molar-refractivity contribution in [2.45, 2.75) is 25.0 Å². The lowest BCUT2D eigenvalue weighted by Gasteiger charge is -2.08. The second-order valence-corrected chi connectivity index (χ2v) is 6.07. The van der Waals surface area contributed by atoms with E-state index in [2.05, 4.69) is 26.1 Å². The van der Waals surface area contributed by atoms with Crippen molar-refractivity contribution < 1.29 is 14.3 Å². The molecule has 0 unspecified atom stereocenters. The molecule has 0 amide bonds. The monoisotopic (exact) mass is 373 g/mol. The van der Waals surface area contributed by atoms with Crippen LogP contribution in [0.4, 0.5) is 4.39 Å². The Balaban J connectivity index is 2.38. The Kier molecular flexibility index (Phi) is 5.35. The fourth-order valence-corrected chi connectivity index (χ4v) is 2.86. The summed E-state index contributed by atoms with van der Waals surface area (Å²) < 4.78 is 15.5. The number of hydrogen-bond acceptors (Lipinski definition) is 4. The first-order valence-corrected chi connectivity index (χ1v) is 8.04. The van der Waals surface area contributed by atoms with E-state index in [1.54, 1.807) is 12.1 Å². The summed E-state index contributed by atoms with van der Waals surface area (Å²) in [5.74, 6) is -0.724. The normalized spacial score (nSPS) is 10.8. The lowest BCUT2D eigenvalue weighted by atomic mass is 10.2. The van der Waals surface area contributed by atoms with Crippen LogP contribution in [0.1, 0.15) is 13.3 Å². The van der Waals surface area contributed by atoms with Crippen molar-refractivity contribution in [2.24, 2.45) is 0 Å². The molecule has 0 aliphatic carbocycles. The van der Waals surface area contributed by atoms with Gasteiger partial charge in [0.1, 0.15) is 5.82 Å². The van der Waals surface area contributed by atoms with E-state index >= 15 is 0 Å². The fraction of sp³-hybridized carbons (Fsp3) is 0.308. The molecule has 0 aliphatic heterocycles. The van der Waals surface area contributed by atoms with Crippen molar-refractivity contribution in [3.63, 3.8) is 0 Å². The van der Waals surface area contributed by atoms with Gasteiger partial charge in [0.15, 0.2) is 11.0 Å². The summed E-state index contributed by atoms with van der Waals surface area (Å²) in [5.41, 5.74) is 0.728. The second kappa shape index (κ2) is 7.04. The third-order valence-electron chi connectivity index (χ3n) is 2.67. The summed E-state index contributed by atoms with van der Waals surface area (Å²) in [5, 5.41) is 17.5. The zero-order chi connectivity index (χ0) is 15.4. The van der Waals surface area contributed by atoms with Gasteiger partial charge in [0.25, 0.3) is 0 Å². The molecule has 0 radical (unpaired) electrons. The number of aliphatic carboxylic acids is 1. The molecule has 2 rings (SSSR count). The molecule has 21 heavy (non-hydrogen) atoms. The summed E-state index contributed by atoms with van der Waals surface area (Å²) in [6.45, 7) is 2.68. The minimum absolute atomic E-state index is 0.0744.